The molecule has 1 N–H and O–H groups in total. The molecule has 0 aliphatic carbocycles. The number of amides is 1. The number of hydrogen-bond acceptors (Lipinski definition) is 3. The van der Waals surface area contributed by atoms with E-state index in [0.29, 0.717) is 6.42 Å². The Morgan fingerprint density at radius 1 is 1.03 bits per heavy atom. The third-order valence-electron chi connectivity index (χ3n) is 5.90. The topological polar surface area (TPSA) is 54.6 Å². The maximum absolute atomic E-state index is 13.2. The molecule has 1 amide bonds. The second kappa shape index (κ2) is 8.60. The van der Waals surface area contributed by atoms with Crippen LogP contribution in [-0.4, -0.2) is 43.1 Å². The molecule has 1 saturated heterocycles. The van der Waals surface area contributed by atoms with E-state index in [4.69, 9.17) is 9.47 Å². The molecule has 4 rings (SSSR count). The minimum Gasteiger partial charge on any atom is -0.497 e. The zero-order valence-electron chi connectivity index (χ0n) is 17.1. The highest BCUT2D eigenvalue weighted by Crippen LogP contribution is 2.39. The number of ether oxygens (including phenoxy) is 2. The average Bonchev–Trinajstić information content (AvgIpc) is 3.21. The van der Waals surface area contributed by atoms with E-state index >= 15 is 0 Å². The summed E-state index contributed by atoms with van der Waals surface area (Å²) in [6, 6.07) is 14.1. The number of fused-ring (bicyclic) bond motifs is 1. The van der Waals surface area contributed by atoms with Crippen LogP contribution in [-0.2, 0) is 4.79 Å². The minimum atomic E-state index is -0.0959. The maximum atomic E-state index is 13.2. The second-order valence-corrected chi connectivity index (χ2v) is 7.60. The van der Waals surface area contributed by atoms with Crippen molar-refractivity contribution in [3.05, 3.63) is 59.8 Å². The zero-order chi connectivity index (χ0) is 20.2. The number of methoxy groups -OCH3 is 2. The highest BCUT2D eigenvalue weighted by Gasteiger charge is 2.27. The van der Waals surface area contributed by atoms with E-state index in [1.54, 1.807) is 14.2 Å². The molecule has 2 aromatic carbocycles. The fourth-order valence-electron chi connectivity index (χ4n) is 4.32. The highest BCUT2D eigenvalue weighted by atomic mass is 16.5. The highest BCUT2D eigenvalue weighted by molar-refractivity contribution is 5.86. The number of benzene rings is 2. The van der Waals surface area contributed by atoms with Gasteiger partial charge in [-0.25, -0.2) is 0 Å². The van der Waals surface area contributed by atoms with Gasteiger partial charge in [-0.1, -0.05) is 24.3 Å². The van der Waals surface area contributed by atoms with E-state index < -0.39 is 0 Å². The van der Waals surface area contributed by atoms with Crippen LogP contribution in [0.4, 0.5) is 0 Å². The number of carbonyl (C=O) groups is 1. The molecule has 5 heteroatoms. The third kappa shape index (κ3) is 3.95. The van der Waals surface area contributed by atoms with Gasteiger partial charge < -0.3 is 19.4 Å². The number of H-pyrrole nitrogens is 1. The van der Waals surface area contributed by atoms with Gasteiger partial charge in [0.25, 0.3) is 0 Å². The van der Waals surface area contributed by atoms with Crippen molar-refractivity contribution >= 4 is 16.8 Å². The van der Waals surface area contributed by atoms with Gasteiger partial charge in [-0.2, -0.15) is 0 Å². The molecule has 5 nitrogen and oxygen atoms in total. The van der Waals surface area contributed by atoms with Crippen molar-refractivity contribution in [2.75, 3.05) is 27.3 Å². The summed E-state index contributed by atoms with van der Waals surface area (Å²) in [6.07, 6.45) is 5.85. The van der Waals surface area contributed by atoms with E-state index in [1.807, 2.05) is 41.4 Å². The normalized spacial score (nSPS) is 15.3. The molecule has 1 atom stereocenters. The summed E-state index contributed by atoms with van der Waals surface area (Å²) in [5.41, 5.74) is 3.20. The van der Waals surface area contributed by atoms with Gasteiger partial charge in [0, 0.05) is 54.2 Å². The molecule has 1 fully saturated rings. The number of aromatic amines is 1. The summed E-state index contributed by atoms with van der Waals surface area (Å²) in [6.45, 7) is 1.72. The molecule has 29 heavy (non-hydrogen) atoms. The molecule has 1 aliphatic heterocycles. The summed E-state index contributed by atoms with van der Waals surface area (Å²) in [4.78, 5) is 18.6. The van der Waals surface area contributed by atoms with Crippen LogP contribution in [0.3, 0.4) is 0 Å². The summed E-state index contributed by atoms with van der Waals surface area (Å²) >= 11 is 0. The van der Waals surface area contributed by atoms with E-state index in [1.165, 1.54) is 6.42 Å². The van der Waals surface area contributed by atoms with Crippen molar-refractivity contribution in [2.45, 2.75) is 31.6 Å². The van der Waals surface area contributed by atoms with Crippen molar-refractivity contribution in [3.8, 4) is 11.5 Å². The minimum absolute atomic E-state index is 0.0959. The van der Waals surface area contributed by atoms with E-state index in [-0.39, 0.29) is 11.8 Å². The molecule has 0 radical (unpaired) electrons. The van der Waals surface area contributed by atoms with Crippen molar-refractivity contribution < 1.29 is 14.3 Å². The van der Waals surface area contributed by atoms with Crippen LogP contribution in [0.15, 0.2) is 48.7 Å². The summed E-state index contributed by atoms with van der Waals surface area (Å²) in [5.74, 6) is 1.59. The fourth-order valence-corrected chi connectivity index (χ4v) is 4.32. The Labute approximate surface area is 171 Å². The van der Waals surface area contributed by atoms with Gasteiger partial charge in [-0.3, -0.25) is 4.79 Å². The number of nitrogens with zero attached hydrogens (tertiary/aromatic N) is 1. The lowest BCUT2D eigenvalue weighted by Gasteiger charge is -2.29. The van der Waals surface area contributed by atoms with Gasteiger partial charge in [0.1, 0.15) is 11.5 Å². The quantitative estimate of drug-likeness (QED) is 0.660. The zero-order valence-corrected chi connectivity index (χ0v) is 17.1. The molecule has 1 aromatic heterocycles. The van der Waals surface area contributed by atoms with Crippen LogP contribution < -0.4 is 9.47 Å². The molecule has 0 saturated carbocycles. The number of nitrogens with one attached hydrogen (secondary N) is 1. The Hall–Kier alpha value is -2.95. The van der Waals surface area contributed by atoms with Gasteiger partial charge in [0.2, 0.25) is 5.91 Å². The second-order valence-electron chi connectivity index (χ2n) is 7.60. The van der Waals surface area contributed by atoms with Crippen LogP contribution in [0.5, 0.6) is 11.5 Å². The van der Waals surface area contributed by atoms with Gasteiger partial charge in [0.15, 0.2) is 0 Å². The smallest absolute Gasteiger partial charge is 0.223 e. The van der Waals surface area contributed by atoms with Gasteiger partial charge in [-0.15, -0.1) is 0 Å². The number of hydrogen-bond donors (Lipinski definition) is 1. The van der Waals surface area contributed by atoms with Gasteiger partial charge in [0.05, 0.1) is 14.2 Å². The summed E-state index contributed by atoms with van der Waals surface area (Å²) in [7, 11) is 3.31. The first-order valence-electron chi connectivity index (χ1n) is 10.3. The van der Waals surface area contributed by atoms with Gasteiger partial charge in [-0.05, 0) is 37.0 Å². The molecule has 3 aromatic rings. The number of piperidine rings is 1. The van der Waals surface area contributed by atoms with E-state index in [0.717, 1.165) is 59.5 Å². The molecule has 2 heterocycles. The Kier molecular flexibility index (Phi) is 5.74. The Bertz CT molecular complexity index is 989. The molecule has 0 unspecified atom stereocenters. The van der Waals surface area contributed by atoms with Gasteiger partial charge >= 0.3 is 0 Å². The lowest BCUT2D eigenvalue weighted by molar-refractivity contribution is -0.132. The molecule has 0 bridgehead atoms. The third-order valence-corrected chi connectivity index (χ3v) is 5.90. The predicted octanol–water partition coefficient (Wildman–Crippen LogP) is 4.72. The van der Waals surface area contributed by atoms with E-state index in [9.17, 15) is 4.79 Å². The van der Waals surface area contributed by atoms with Crippen molar-refractivity contribution in [3.63, 3.8) is 0 Å². The van der Waals surface area contributed by atoms with E-state index in [2.05, 4.69) is 17.1 Å². The molecule has 152 valence electrons. The lowest BCUT2D eigenvalue weighted by Crippen LogP contribution is -2.36. The standard InChI is InChI=1S/C24H28N2O3/c1-28-17-10-11-19(23(14-17)29-2)20(15-24(27)26-12-6-3-7-13-26)21-16-25-22-9-5-4-8-18(21)22/h4-5,8-11,14,16,20,25H,3,6-7,12-13,15H2,1-2H3/t20-/m1/s1. The van der Waals surface area contributed by atoms with Crippen LogP contribution in [0.25, 0.3) is 10.9 Å². The van der Waals surface area contributed by atoms with Crippen LogP contribution in [0, 0.1) is 0 Å². The largest absolute Gasteiger partial charge is 0.497 e. The SMILES string of the molecule is COc1ccc([C@@H](CC(=O)N2CCCCC2)c2c[nH]c3ccccc23)c(OC)c1. The first-order valence-corrected chi connectivity index (χ1v) is 10.3. The summed E-state index contributed by atoms with van der Waals surface area (Å²) in [5, 5.41) is 1.14. The molecule has 0 spiro atoms. The van der Waals surface area contributed by atoms with Crippen LogP contribution >= 0.6 is 0 Å². The number of likely N-dealkylation sites (tertiary alicyclic amines) is 1. The first-order chi connectivity index (χ1) is 14.2. The maximum Gasteiger partial charge on any atom is 0.223 e. The van der Waals surface area contributed by atoms with Crippen LogP contribution in [0.2, 0.25) is 0 Å². The number of aromatic nitrogens is 1. The predicted molar refractivity (Wildman–Crippen MR) is 115 cm³/mol. The Morgan fingerprint density at radius 2 is 1.83 bits per heavy atom. The lowest BCUT2D eigenvalue weighted by atomic mass is 9.87. The molecule has 1 aliphatic rings. The molecular weight excluding hydrogens is 364 g/mol. The monoisotopic (exact) mass is 392 g/mol. The van der Waals surface area contributed by atoms with Crippen molar-refractivity contribution in [1.29, 1.82) is 0 Å². The Morgan fingerprint density at radius 3 is 2.59 bits per heavy atom. The van der Waals surface area contributed by atoms with Crippen LogP contribution in [0.1, 0.15) is 42.7 Å². The summed E-state index contributed by atoms with van der Waals surface area (Å²) < 4.78 is 11.1. The van der Waals surface area contributed by atoms with Crippen molar-refractivity contribution in [2.24, 2.45) is 0 Å². The fraction of sp³-hybridized carbons (Fsp3) is 0.375. The number of para-hydroxylation sites is 1. The number of carbonyl (C=O) groups excluding carboxylic acids is 1. The Balaban J connectivity index is 1.76. The molecular formula is C24H28N2O3. The van der Waals surface area contributed by atoms with Crippen molar-refractivity contribution in [1.82, 2.24) is 9.88 Å². The average molecular weight is 392 g/mol. The first kappa shape index (κ1) is 19.4. The number of rotatable bonds is 6.